The van der Waals surface area contributed by atoms with Gasteiger partial charge in [0, 0.05) is 40.6 Å². The van der Waals surface area contributed by atoms with Crippen LogP contribution < -0.4 is 0 Å². The summed E-state index contributed by atoms with van der Waals surface area (Å²) in [7, 11) is -0.461. The molecule has 5 rings (SSSR count). The molecule has 1 N–H and O–H groups in total. The summed E-state index contributed by atoms with van der Waals surface area (Å²) in [6, 6.07) is 6.16. The van der Waals surface area contributed by atoms with Crippen molar-refractivity contribution in [1.29, 1.82) is 5.26 Å². The van der Waals surface area contributed by atoms with Gasteiger partial charge in [0.05, 0.1) is 30.4 Å². The number of aromatic amines is 1. The number of fused-ring (bicyclic) bond motifs is 1. The molecule has 0 amide bonds. The van der Waals surface area contributed by atoms with Crippen molar-refractivity contribution >= 4 is 21.9 Å². The third-order valence-corrected chi connectivity index (χ3v) is 6.69. The van der Waals surface area contributed by atoms with Crippen molar-refractivity contribution in [1.82, 2.24) is 29.7 Å². The second-order valence-corrected chi connectivity index (χ2v) is 8.54. The molecule has 4 aromatic heterocycles. The Labute approximate surface area is 169 Å². The molecule has 0 radical (unpaired) electrons. The van der Waals surface area contributed by atoms with Gasteiger partial charge in [-0.1, -0.05) is 12.2 Å². The first-order valence-electron chi connectivity index (χ1n) is 9.11. The zero-order valence-corrected chi connectivity index (χ0v) is 16.2. The van der Waals surface area contributed by atoms with E-state index in [1.165, 1.54) is 11.2 Å². The van der Waals surface area contributed by atoms with E-state index in [9.17, 15) is 5.26 Å². The maximum Gasteiger partial charge on any atom is 0.141 e. The van der Waals surface area contributed by atoms with Crippen molar-refractivity contribution in [2.75, 3.05) is 0 Å². The Morgan fingerprint density at radius 1 is 1.17 bits per heavy atom. The molecule has 142 valence electrons. The molecule has 0 aliphatic carbocycles. The highest BCUT2D eigenvalue weighted by molar-refractivity contribution is 8.22. The average molecular weight is 399 g/mol. The number of aromatic nitrogens is 6. The number of nitrogens with zero attached hydrogens (tertiary/aromatic N) is 6. The minimum Gasteiger partial charge on any atom is -0.346 e. The molecule has 1 unspecified atom stereocenters. The summed E-state index contributed by atoms with van der Waals surface area (Å²) in [6.07, 6.45) is 15.2. The van der Waals surface area contributed by atoms with Crippen molar-refractivity contribution in [3.63, 3.8) is 0 Å². The Morgan fingerprint density at radius 2 is 2.07 bits per heavy atom. The number of nitrogens with one attached hydrogen (secondary N) is 1. The summed E-state index contributed by atoms with van der Waals surface area (Å²) in [4.78, 5) is 17.4. The van der Waals surface area contributed by atoms with Gasteiger partial charge in [-0.25, -0.2) is 9.97 Å². The van der Waals surface area contributed by atoms with Gasteiger partial charge in [0.15, 0.2) is 0 Å². The topological polar surface area (TPSA) is 96.1 Å². The molecule has 0 bridgehead atoms. The largest absolute Gasteiger partial charge is 0.346 e. The fourth-order valence-electron chi connectivity index (χ4n) is 3.46. The van der Waals surface area contributed by atoms with Gasteiger partial charge in [-0.15, -0.1) is 0 Å². The van der Waals surface area contributed by atoms with Crippen molar-refractivity contribution in [3.8, 4) is 17.3 Å². The first-order valence-corrected chi connectivity index (χ1v) is 10.6. The number of hydrogen-bond acceptors (Lipinski definition) is 5. The number of rotatable bonds is 5. The number of thiol groups is 1. The van der Waals surface area contributed by atoms with Crippen LogP contribution in [0.3, 0.4) is 0 Å². The third kappa shape index (κ3) is 3.22. The summed E-state index contributed by atoms with van der Waals surface area (Å²) in [6.45, 7) is 0. The number of hydrogen-bond donors (Lipinski definition) is 2. The summed E-state index contributed by atoms with van der Waals surface area (Å²) in [5.41, 5.74) is 3.46. The third-order valence-electron chi connectivity index (χ3n) is 4.87. The molecule has 1 aliphatic heterocycles. The van der Waals surface area contributed by atoms with E-state index >= 15 is 0 Å². The molecule has 0 saturated heterocycles. The first kappa shape index (κ1) is 17.4. The van der Waals surface area contributed by atoms with Crippen LogP contribution in [0.5, 0.6) is 0 Å². The predicted octanol–water partition coefficient (Wildman–Crippen LogP) is 4.12. The molecule has 29 heavy (non-hydrogen) atoms. The summed E-state index contributed by atoms with van der Waals surface area (Å²) in [5.74, 6) is 0. The first-order chi connectivity index (χ1) is 14.3. The molecular formula is C21H17N7S. The zero-order chi connectivity index (χ0) is 19.6. The maximum absolute atomic E-state index is 9.42. The van der Waals surface area contributed by atoms with Gasteiger partial charge in [0.1, 0.15) is 12.0 Å². The van der Waals surface area contributed by atoms with Crippen LogP contribution in [0.2, 0.25) is 0 Å². The zero-order valence-electron chi connectivity index (χ0n) is 15.3. The normalized spacial score (nSPS) is 15.1. The van der Waals surface area contributed by atoms with Gasteiger partial charge in [0.25, 0.3) is 0 Å². The van der Waals surface area contributed by atoms with Crippen LogP contribution in [0.25, 0.3) is 22.3 Å². The van der Waals surface area contributed by atoms with Gasteiger partial charge < -0.3 is 4.98 Å². The SMILES string of the molecule is N#CCC(c1cncc([SH]2C=CC=C2)c1)n1cc(-c2ncnc3[nH]ccc23)cn1. The minimum absolute atomic E-state index is 0.213. The highest BCUT2D eigenvalue weighted by atomic mass is 32.2. The van der Waals surface area contributed by atoms with E-state index < -0.39 is 10.9 Å². The monoisotopic (exact) mass is 399 g/mol. The molecule has 8 heteroatoms. The summed E-state index contributed by atoms with van der Waals surface area (Å²) in [5, 5.41) is 19.3. The lowest BCUT2D eigenvalue weighted by atomic mass is 10.1. The van der Waals surface area contributed by atoms with Gasteiger partial charge >= 0.3 is 0 Å². The number of H-pyrrole nitrogens is 1. The molecule has 0 fully saturated rings. The van der Waals surface area contributed by atoms with E-state index in [0.717, 1.165) is 27.9 Å². The highest BCUT2D eigenvalue weighted by Gasteiger charge is 2.18. The number of allylic oxidation sites excluding steroid dienone is 2. The summed E-state index contributed by atoms with van der Waals surface area (Å²) < 4.78 is 1.83. The van der Waals surface area contributed by atoms with Crippen LogP contribution in [-0.4, -0.2) is 29.7 Å². The predicted molar refractivity (Wildman–Crippen MR) is 113 cm³/mol. The van der Waals surface area contributed by atoms with Crippen LogP contribution in [0.15, 0.2) is 77.3 Å². The molecule has 0 saturated carbocycles. The van der Waals surface area contributed by atoms with Crippen LogP contribution in [0, 0.1) is 11.3 Å². The molecule has 5 heterocycles. The average Bonchev–Trinajstić information content (AvgIpc) is 3.53. The molecule has 4 aromatic rings. The lowest BCUT2D eigenvalue weighted by Crippen LogP contribution is -2.11. The fourth-order valence-corrected chi connectivity index (χ4v) is 4.97. The van der Waals surface area contributed by atoms with Crippen LogP contribution >= 0.6 is 10.9 Å². The molecule has 1 aliphatic rings. The summed E-state index contributed by atoms with van der Waals surface area (Å²) >= 11 is 0. The molecular weight excluding hydrogens is 382 g/mol. The van der Waals surface area contributed by atoms with E-state index in [4.69, 9.17) is 0 Å². The molecule has 0 spiro atoms. The Balaban J connectivity index is 1.52. The van der Waals surface area contributed by atoms with Gasteiger partial charge in [-0.3, -0.25) is 9.67 Å². The van der Waals surface area contributed by atoms with Gasteiger partial charge in [-0.05, 0) is 28.5 Å². The Morgan fingerprint density at radius 3 is 2.93 bits per heavy atom. The molecule has 7 nitrogen and oxygen atoms in total. The van der Waals surface area contributed by atoms with E-state index in [-0.39, 0.29) is 6.04 Å². The lowest BCUT2D eigenvalue weighted by molar-refractivity contribution is 0.530. The molecule has 0 aromatic carbocycles. The van der Waals surface area contributed by atoms with Crippen molar-refractivity contribution in [3.05, 3.63) is 78.0 Å². The number of pyridine rings is 1. The van der Waals surface area contributed by atoms with Crippen molar-refractivity contribution in [2.45, 2.75) is 17.4 Å². The van der Waals surface area contributed by atoms with E-state index in [1.807, 2.05) is 35.5 Å². The second-order valence-electron chi connectivity index (χ2n) is 6.62. The van der Waals surface area contributed by atoms with Gasteiger partial charge in [0.2, 0.25) is 0 Å². The van der Waals surface area contributed by atoms with E-state index in [0.29, 0.717) is 6.42 Å². The maximum atomic E-state index is 9.42. The molecule has 1 atom stereocenters. The van der Waals surface area contributed by atoms with Crippen molar-refractivity contribution in [2.24, 2.45) is 0 Å². The number of nitriles is 1. The second kappa shape index (κ2) is 7.37. The standard InChI is InChI=1S/C21H17N7S/c22-5-3-19(15-9-17(12-23-10-15)29-7-1-2-8-29)28-13-16(11-27-28)20-18-4-6-24-21(18)26-14-25-20/h1-2,4,6-14,19,29H,3H2,(H,24,25,26). The smallest absolute Gasteiger partial charge is 0.141 e. The van der Waals surface area contributed by atoms with E-state index in [2.05, 4.69) is 60.1 Å². The van der Waals surface area contributed by atoms with E-state index in [1.54, 1.807) is 6.20 Å². The van der Waals surface area contributed by atoms with Crippen LogP contribution in [-0.2, 0) is 0 Å². The highest BCUT2D eigenvalue weighted by Crippen LogP contribution is 2.42. The Bertz CT molecular complexity index is 1270. The van der Waals surface area contributed by atoms with Crippen LogP contribution in [0.1, 0.15) is 18.0 Å². The van der Waals surface area contributed by atoms with Gasteiger partial charge in [-0.2, -0.15) is 21.3 Å². The fraction of sp³-hybridized carbons (Fsp3) is 0.0952. The van der Waals surface area contributed by atoms with Crippen molar-refractivity contribution < 1.29 is 0 Å². The Hall–Kier alpha value is -3.70. The van der Waals surface area contributed by atoms with Crippen LogP contribution in [0.4, 0.5) is 0 Å². The minimum atomic E-state index is -0.461. The Kier molecular flexibility index (Phi) is 4.42. The lowest BCUT2D eigenvalue weighted by Gasteiger charge is -2.17. The quantitative estimate of drug-likeness (QED) is 0.492.